The van der Waals surface area contributed by atoms with E-state index in [0.717, 1.165) is 31.1 Å². The van der Waals surface area contributed by atoms with Gasteiger partial charge in [0.1, 0.15) is 0 Å². The number of aromatic nitrogens is 1. The van der Waals surface area contributed by atoms with Crippen LogP contribution < -0.4 is 11.1 Å². The average molecular weight is 227 g/mol. The molecule has 0 spiro atoms. The van der Waals surface area contributed by atoms with Crippen LogP contribution in [0, 0.1) is 6.92 Å². The standard InChI is InChI=1S/C10H17N3OS/c1-8-13-5-9(15-8)4-12-6-10(11)2-3-14-7-10/h5,12H,2-4,6-7,11H2,1H3. The Kier molecular flexibility index (Phi) is 3.35. The Labute approximate surface area is 93.8 Å². The number of aryl methyl sites for hydroxylation is 1. The molecule has 1 unspecified atom stereocenters. The fraction of sp³-hybridized carbons (Fsp3) is 0.700. The van der Waals surface area contributed by atoms with Crippen molar-refractivity contribution in [3.05, 3.63) is 16.1 Å². The van der Waals surface area contributed by atoms with Crippen molar-refractivity contribution in [2.24, 2.45) is 5.73 Å². The summed E-state index contributed by atoms with van der Waals surface area (Å²) in [7, 11) is 0. The molecular weight excluding hydrogens is 210 g/mol. The zero-order valence-electron chi connectivity index (χ0n) is 8.95. The minimum absolute atomic E-state index is 0.167. The van der Waals surface area contributed by atoms with Crippen LogP contribution in [-0.2, 0) is 11.3 Å². The quantitative estimate of drug-likeness (QED) is 0.793. The highest BCUT2D eigenvalue weighted by Crippen LogP contribution is 2.15. The van der Waals surface area contributed by atoms with Gasteiger partial charge in [0.15, 0.2) is 0 Å². The number of nitrogens with two attached hydrogens (primary N) is 1. The molecule has 1 aliphatic heterocycles. The number of nitrogens with one attached hydrogen (secondary N) is 1. The summed E-state index contributed by atoms with van der Waals surface area (Å²) in [5.74, 6) is 0. The summed E-state index contributed by atoms with van der Waals surface area (Å²) in [6, 6.07) is 0. The highest BCUT2D eigenvalue weighted by atomic mass is 32.1. The van der Waals surface area contributed by atoms with E-state index in [-0.39, 0.29) is 5.54 Å². The molecule has 1 aromatic heterocycles. The van der Waals surface area contributed by atoms with E-state index in [1.807, 2.05) is 13.1 Å². The van der Waals surface area contributed by atoms with Gasteiger partial charge < -0.3 is 15.8 Å². The van der Waals surface area contributed by atoms with Gasteiger partial charge in [0.2, 0.25) is 0 Å². The van der Waals surface area contributed by atoms with E-state index in [4.69, 9.17) is 10.5 Å². The molecule has 84 valence electrons. The van der Waals surface area contributed by atoms with Crippen LogP contribution in [0.1, 0.15) is 16.3 Å². The second-order valence-corrected chi connectivity index (χ2v) is 5.43. The van der Waals surface area contributed by atoms with Crippen LogP contribution in [0.5, 0.6) is 0 Å². The van der Waals surface area contributed by atoms with Gasteiger partial charge in [0, 0.05) is 30.8 Å². The van der Waals surface area contributed by atoms with Crippen molar-refractivity contribution in [1.82, 2.24) is 10.3 Å². The summed E-state index contributed by atoms with van der Waals surface area (Å²) in [4.78, 5) is 5.47. The zero-order chi connectivity index (χ0) is 10.7. The maximum Gasteiger partial charge on any atom is 0.0897 e. The van der Waals surface area contributed by atoms with Crippen LogP contribution in [0.25, 0.3) is 0 Å². The van der Waals surface area contributed by atoms with Crippen molar-refractivity contribution in [3.8, 4) is 0 Å². The number of thiazole rings is 1. The minimum Gasteiger partial charge on any atom is -0.379 e. The molecular formula is C10H17N3OS. The van der Waals surface area contributed by atoms with Gasteiger partial charge in [-0.3, -0.25) is 0 Å². The molecule has 0 radical (unpaired) electrons. The van der Waals surface area contributed by atoms with Crippen LogP contribution in [0.4, 0.5) is 0 Å². The van der Waals surface area contributed by atoms with Gasteiger partial charge in [-0.1, -0.05) is 0 Å². The number of ether oxygens (including phenoxy) is 1. The van der Waals surface area contributed by atoms with E-state index < -0.39 is 0 Å². The third kappa shape index (κ3) is 2.98. The molecule has 0 aliphatic carbocycles. The SMILES string of the molecule is Cc1ncc(CNCC2(N)CCOC2)s1. The van der Waals surface area contributed by atoms with E-state index in [2.05, 4.69) is 10.3 Å². The lowest BCUT2D eigenvalue weighted by Crippen LogP contribution is -2.49. The molecule has 0 saturated carbocycles. The normalized spacial score (nSPS) is 26.0. The van der Waals surface area contributed by atoms with Crippen LogP contribution in [-0.4, -0.2) is 30.3 Å². The molecule has 3 N–H and O–H groups in total. The van der Waals surface area contributed by atoms with Gasteiger partial charge in [0.25, 0.3) is 0 Å². The summed E-state index contributed by atoms with van der Waals surface area (Å²) >= 11 is 1.72. The first-order valence-corrected chi connectivity index (χ1v) is 5.98. The topological polar surface area (TPSA) is 60.2 Å². The summed E-state index contributed by atoms with van der Waals surface area (Å²) in [6.07, 6.45) is 2.86. The molecule has 2 rings (SSSR count). The lowest BCUT2D eigenvalue weighted by molar-refractivity contribution is 0.177. The van der Waals surface area contributed by atoms with Crippen molar-refractivity contribution in [3.63, 3.8) is 0 Å². The first kappa shape index (κ1) is 11.0. The second kappa shape index (κ2) is 4.57. The van der Waals surface area contributed by atoms with Gasteiger partial charge in [-0.05, 0) is 13.3 Å². The van der Waals surface area contributed by atoms with E-state index in [0.29, 0.717) is 6.61 Å². The summed E-state index contributed by atoms with van der Waals surface area (Å²) in [5.41, 5.74) is 5.96. The summed E-state index contributed by atoms with van der Waals surface area (Å²) < 4.78 is 5.29. The number of rotatable bonds is 4. The Bertz CT molecular complexity index is 320. The van der Waals surface area contributed by atoms with E-state index in [9.17, 15) is 0 Å². The smallest absolute Gasteiger partial charge is 0.0897 e. The average Bonchev–Trinajstić information content (AvgIpc) is 2.76. The molecule has 15 heavy (non-hydrogen) atoms. The van der Waals surface area contributed by atoms with Crippen LogP contribution >= 0.6 is 11.3 Å². The molecule has 0 bridgehead atoms. The lowest BCUT2D eigenvalue weighted by atomic mass is 10.0. The molecule has 1 aromatic rings. The lowest BCUT2D eigenvalue weighted by Gasteiger charge is -2.21. The fourth-order valence-electron chi connectivity index (χ4n) is 1.68. The number of nitrogens with zero attached hydrogens (tertiary/aromatic N) is 1. The monoisotopic (exact) mass is 227 g/mol. The van der Waals surface area contributed by atoms with Gasteiger partial charge in [-0.15, -0.1) is 11.3 Å². The summed E-state index contributed by atoms with van der Waals surface area (Å²) in [5, 5.41) is 4.47. The van der Waals surface area contributed by atoms with Crippen molar-refractivity contribution in [2.45, 2.75) is 25.4 Å². The van der Waals surface area contributed by atoms with Crippen LogP contribution in [0.2, 0.25) is 0 Å². The molecule has 0 amide bonds. The molecule has 0 aromatic carbocycles. The van der Waals surface area contributed by atoms with E-state index in [1.54, 1.807) is 11.3 Å². The van der Waals surface area contributed by atoms with Gasteiger partial charge in [-0.25, -0.2) is 4.98 Å². The van der Waals surface area contributed by atoms with Crippen molar-refractivity contribution < 1.29 is 4.74 Å². The zero-order valence-corrected chi connectivity index (χ0v) is 9.77. The van der Waals surface area contributed by atoms with E-state index >= 15 is 0 Å². The first-order valence-electron chi connectivity index (χ1n) is 5.17. The largest absolute Gasteiger partial charge is 0.379 e. The van der Waals surface area contributed by atoms with Gasteiger partial charge >= 0.3 is 0 Å². The predicted octanol–water partition coefficient (Wildman–Crippen LogP) is 0.659. The third-order valence-electron chi connectivity index (χ3n) is 2.58. The third-order valence-corrected chi connectivity index (χ3v) is 3.49. The van der Waals surface area contributed by atoms with Crippen molar-refractivity contribution in [2.75, 3.05) is 19.8 Å². The maximum atomic E-state index is 6.13. The number of hydrogen-bond donors (Lipinski definition) is 2. The molecule has 1 saturated heterocycles. The Morgan fingerprint density at radius 1 is 1.73 bits per heavy atom. The minimum atomic E-state index is -0.167. The molecule has 1 atom stereocenters. The molecule has 4 nitrogen and oxygen atoms in total. The maximum absolute atomic E-state index is 6.13. The Morgan fingerprint density at radius 3 is 3.20 bits per heavy atom. The molecule has 5 heteroatoms. The summed E-state index contributed by atoms with van der Waals surface area (Å²) in [6.45, 7) is 5.14. The Balaban J connectivity index is 1.75. The molecule has 2 heterocycles. The van der Waals surface area contributed by atoms with Crippen molar-refractivity contribution in [1.29, 1.82) is 0 Å². The van der Waals surface area contributed by atoms with Crippen LogP contribution in [0.15, 0.2) is 6.20 Å². The van der Waals surface area contributed by atoms with Crippen LogP contribution in [0.3, 0.4) is 0 Å². The first-order chi connectivity index (χ1) is 7.18. The predicted molar refractivity (Wildman–Crippen MR) is 60.9 cm³/mol. The Morgan fingerprint density at radius 2 is 2.60 bits per heavy atom. The molecule has 1 aliphatic rings. The fourth-order valence-corrected chi connectivity index (χ4v) is 2.45. The second-order valence-electron chi connectivity index (χ2n) is 4.11. The number of hydrogen-bond acceptors (Lipinski definition) is 5. The highest BCUT2D eigenvalue weighted by molar-refractivity contribution is 7.11. The Hall–Kier alpha value is -0.490. The molecule has 1 fully saturated rings. The van der Waals surface area contributed by atoms with Gasteiger partial charge in [0.05, 0.1) is 17.2 Å². The van der Waals surface area contributed by atoms with E-state index in [1.165, 1.54) is 4.88 Å². The highest BCUT2D eigenvalue weighted by Gasteiger charge is 2.29. The van der Waals surface area contributed by atoms with Gasteiger partial charge in [-0.2, -0.15) is 0 Å². The van der Waals surface area contributed by atoms with Crippen molar-refractivity contribution >= 4 is 11.3 Å².